The minimum atomic E-state index is -2.55. The molecule has 0 aliphatic rings. The van der Waals surface area contributed by atoms with Crippen molar-refractivity contribution >= 4 is 29.6 Å². The molecule has 0 fully saturated rings. The van der Waals surface area contributed by atoms with E-state index >= 15 is 0 Å². The van der Waals surface area contributed by atoms with Crippen LogP contribution in [0.15, 0.2) is 47.8 Å². The number of hydrogen-bond acceptors (Lipinski definition) is 3. The molecule has 0 atom stereocenters. The first kappa shape index (κ1) is 17.4. The second kappa shape index (κ2) is 9.25. The van der Waals surface area contributed by atoms with E-state index in [0.717, 1.165) is 38.9 Å². The molecule has 0 spiro atoms. The monoisotopic (exact) mass is 334 g/mol. The fraction of sp³-hybridized carbons (Fsp3) is 0.444. The number of benzene rings is 1. The third-order valence-corrected chi connectivity index (χ3v) is 8.58. The van der Waals surface area contributed by atoms with Crippen LogP contribution in [-0.2, 0) is 8.85 Å². The van der Waals surface area contributed by atoms with Gasteiger partial charge in [-0.25, -0.2) is 0 Å². The molecule has 1 aromatic heterocycles. The molecule has 0 aliphatic heterocycles. The van der Waals surface area contributed by atoms with Crippen LogP contribution in [0.4, 0.5) is 0 Å². The van der Waals surface area contributed by atoms with Crippen molar-refractivity contribution < 1.29 is 8.85 Å². The molecule has 0 aliphatic carbocycles. The first-order chi connectivity index (χ1) is 10.8. The molecular formula is C18H26O2SSi. The van der Waals surface area contributed by atoms with E-state index in [1.165, 1.54) is 9.69 Å². The maximum absolute atomic E-state index is 6.47. The van der Waals surface area contributed by atoms with E-state index < -0.39 is 8.56 Å². The Labute approximate surface area is 139 Å². The number of unbranched alkanes of at least 4 members (excludes halogenated alkanes) is 2. The lowest BCUT2D eigenvalue weighted by Gasteiger charge is -2.30. The quantitative estimate of drug-likeness (QED) is 0.484. The first-order valence-corrected chi connectivity index (χ1v) is 10.9. The van der Waals surface area contributed by atoms with Gasteiger partial charge in [0.05, 0.1) is 4.50 Å². The lowest BCUT2D eigenvalue weighted by Crippen LogP contribution is -2.62. The summed E-state index contributed by atoms with van der Waals surface area (Å²) in [6.45, 7) is 5.92. The van der Waals surface area contributed by atoms with Gasteiger partial charge in [-0.3, -0.25) is 0 Å². The van der Waals surface area contributed by atoms with Gasteiger partial charge >= 0.3 is 8.56 Å². The Morgan fingerprint density at radius 3 is 2.00 bits per heavy atom. The average molecular weight is 335 g/mol. The van der Waals surface area contributed by atoms with Crippen molar-refractivity contribution in [1.29, 1.82) is 0 Å². The van der Waals surface area contributed by atoms with Crippen molar-refractivity contribution in [3.05, 3.63) is 47.8 Å². The van der Waals surface area contributed by atoms with Crippen LogP contribution in [0.3, 0.4) is 0 Å². The molecule has 0 bridgehead atoms. The second-order valence-corrected chi connectivity index (χ2v) is 9.60. The Kier molecular flexibility index (Phi) is 7.32. The van der Waals surface area contributed by atoms with Crippen molar-refractivity contribution in [2.45, 2.75) is 39.5 Å². The van der Waals surface area contributed by atoms with Crippen LogP contribution in [0, 0.1) is 0 Å². The van der Waals surface area contributed by atoms with Crippen LogP contribution in [-0.4, -0.2) is 21.8 Å². The summed E-state index contributed by atoms with van der Waals surface area (Å²) in [4.78, 5) is 0. The zero-order chi connectivity index (χ0) is 15.7. The van der Waals surface area contributed by atoms with Crippen LogP contribution >= 0.6 is 11.3 Å². The van der Waals surface area contributed by atoms with Gasteiger partial charge in [-0.05, 0) is 29.5 Å². The number of rotatable bonds is 10. The molecule has 2 nitrogen and oxygen atoms in total. The number of thiophene rings is 1. The third kappa shape index (κ3) is 4.29. The van der Waals surface area contributed by atoms with Gasteiger partial charge in [0.25, 0.3) is 0 Å². The smallest absolute Gasteiger partial charge is 0.387 e. The molecule has 0 saturated carbocycles. The Morgan fingerprint density at radius 2 is 1.50 bits per heavy atom. The molecule has 2 aromatic rings. The summed E-state index contributed by atoms with van der Waals surface area (Å²) < 4.78 is 14.2. The van der Waals surface area contributed by atoms with Gasteiger partial charge in [0.2, 0.25) is 0 Å². The summed E-state index contributed by atoms with van der Waals surface area (Å²) >= 11 is 1.75. The van der Waals surface area contributed by atoms with E-state index in [1.54, 1.807) is 11.3 Å². The maximum Gasteiger partial charge on any atom is 0.417 e. The Hall–Kier alpha value is -0.943. The fourth-order valence-corrected chi connectivity index (χ4v) is 7.13. The molecule has 2 rings (SSSR count). The summed E-state index contributed by atoms with van der Waals surface area (Å²) in [5.41, 5.74) is 0. The molecule has 0 unspecified atom stereocenters. The van der Waals surface area contributed by atoms with Crippen LogP contribution in [0.5, 0.6) is 0 Å². The molecule has 0 radical (unpaired) electrons. The SMILES string of the molecule is CCCCO[Si](OCCCC)(c1ccccc1)c1cccs1. The van der Waals surface area contributed by atoms with E-state index in [4.69, 9.17) is 8.85 Å². The Morgan fingerprint density at radius 1 is 0.864 bits per heavy atom. The highest BCUT2D eigenvalue weighted by molar-refractivity contribution is 7.25. The van der Waals surface area contributed by atoms with Gasteiger partial charge in [0, 0.05) is 13.2 Å². The largest absolute Gasteiger partial charge is 0.417 e. The topological polar surface area (TPSA) is 18.5 Å². The van der Waals surface area contributed by atoms with Gasteiger partial charge < -0.3 is 8.85 Å². The average Bonchev–Trinajstić information content (AvgIpc) is 3.09. The summed E-state index contributed by atoms with van der Waals surface area (Å²) in [5.74, 6) is 0. The predicted molar refractivity (Wildman–Crippen MR) is 97.5 cm³/mol. The lowest BCUT2D eigenvalue weighted by atomic mass is 10.4. The summed E-state index contributed by atoms with van der Waals surface area (Å²) in [6, 6.07) is 14.8. The van der Waals surface area contributed by atoms with Crippen molar-refractivity contribution in [3.63, 3.8) is 0 Å². The Balaban J connectivity index is 2.34. The fourth-order valence-electron chi connectivity index (χ4n) is 2.34. The third-order valence-electron chi connectivity index (χ3n) is 3.61. The highest BCUT2D eigenvalue weighted by atomic mass is 32.1. The molecule has 0 amide bonds. The van der Waals surface area contributed by atoms with Crippen molar-refractivity contribution in [2.24, 2.45) is 0 Å². The van der Waals surface area contributed by atoms with Crippen molar-refractivity contribution in [2.75, 3.05) is 13.2 Å². The van der Waals surface area contributed by atoms with E-state index in [9.17, 15) is 0 Å². The zero-order valence-corrected chi connectivity index (χ0v) is 15.4. The first-order valence-electron chi connectivity index (χ1n) is 8.21. The van der Waals surface area contributed by atoms with Gasteiger partial charge in [-0.15, -0.1) is 11.3 Å². The second-order valence-electron chi connectivity index (χ2n) is 5.36. The zero-order valence-electron chi connectivity index (χ0n) is 13.6. The van der Waals surface area contributed by atoms with Crippen LogP contribution < -0.4 is 9.69 Å². The van der Waals surface area contributed by atoms with E-state index in [0.29, 0.717) is 0 Å². The van der Waals surface area contributed by atoms with Crippen molar-refractivity contribution in [1.82, 2.24) is 0 Å². The summed E-state index contributed by atoms with van der Waals surface area (Å²) in [7, 11) is -2.55. The summed E-state index contributed by atoms with van der Waals surface area (Å²) in [6.07, 6.45) is 4.42. The molecule has 22 heavy (non-hydrogen) atoms. The maximum atomic E-state index is 6.47. The van der Waals surface area contributed by atoms with Gasteiger partial charge in [0.1, 0.15) is 0 Å². The molecule has 120 valence electrons. The highest BCUT2D eigenvalue weighted by Crippen LogP contribution is 2.15. The molecule has 4 heteroatoms. The van der Waals surface area contributed by atoms with E-state index in [-0.39, 0.29) is 0 Å². The van der Waals surface area contributed by atoms with Crippen LogP contribution in [0.2, 0.25) is 0 Å². The molecule has 1 aromatic carbocycles. The molecule has 1 heterocycles. The molecule has 0 saturated heterocycles. The van der Waals surface area contributed by atoms with Crippen LogP contribution in [0.1, 0.15) is 39.5 Å². The number of hydrogen-bond donors (Lipinski definition) is 0. The standard InChI is InChI=1S/C18H26O2SSi/c1-3-5-14-19-22(20-15-6-4-2,18-13-10-16-21-18)17-11-8-7-9-12-17/h7-13,16H,3-6,14-15H2,1-2H3. The highest BCUT2D eigenvalue weighted by Gasteiger charge is 2.43. The predicted octanol–water partition coefficient (Wildman–Crippen LogP) is 3.94. The molecular weight excluding hydrogens is 308 g/mol. The normalized spacial score (nSPS) is 11.7. The van der Waals surface area contributed by atoms with Gasteiger partial charge in [0.15, 0.2) is 0 Å². The van der Waals surface area contributed by atoms with Crippen LogP contribution in [0.25, 0.3) is 0 Å². The molecule has 0 N–H and O–H groups in total. The van der Waals surface area contributed by atoms with Gasteiger partial charge in [-0.1, -0.05) is 63.1 Å². The van der Waals surface area contributed by atoms with E-state index in [1.807, 2.05) is 0 Å². The minimum Gasteiger partial charge on any atom is -0.387 e. The van der Waals surface area contributed by atoms with E-state index in [2.05, 4.69) is 61.7 Å². The Bertz CT molecular complexity index is 503. The minimum absolute atomic E-state index is 0.766. The van der Waals surface area contributed by atoms with Gasteiger partial charge in [-0.2, -0.15) is 0 Å². The van der Waals surface area contributed by atoms with Crippen molar-refractivity contribution in [3.8, 4) is 0 Å². The summed E-state index contributed by atoms with van der Waals surface area (Å²) in [5, 5.41) is 3.33. The lowest BCUT2D eigenvalue weighted by molar-refractivity contribution is 0.187.